The largest absolute Gasteiger partial charge is 0.480 e. The van der Waals surface area contributed by atoms with Crippen molar-refractivity contribution in [1.29, 1.82) is 0 Å². The first-order valence-electron chi connectivity index (χ1n) is 6.62. The van der Waals surface area contributed by atoms with Crippen LogP contribution < -0.4 is 5.32 Å². The van der Waals surface area contributed by atoms with E-state index in [2.05, 4.69) is 17.4 Å². The molecule has 0 bridgehead atoms. The fourth-order valence-corrected chi connectivity index (χ4v) is 1.95. The summed E-state index contributed by atoms with van der Waals surface area (Å²) >= 11 is 0. The van der Waals surface area contributed by atoms with Crippen molar-refractivity contribution < 1.29 is 9.90 Å². The van der Waals surface area contributed by atoms with Crippen LogP contribution in [0, 0.1) is 0 Å². The SMILES string of the molecule is CC(C)(Nc1ccc(Cc2ccccc2)cc1)C(=O)O. The van der Waals surface area contributed by atoms with E-state index in [-0.39, 0.29) is 0 Å². The Hall–Kier alpha value is -2.29. The molecule has 0 aliphatic carbocycles. The zero-order valence-corrected chi connectivity index (χ0v) is 11.8. The predicted molar refractivity (Wildman–Crippen MR) is 81.0 cm³/mol. The van der Waals surface area contributed by atoms with Gasteiger partial charge in [-0.1, -0.05) is 42.5 Å². The van der Waals surface area contributed by atoms with Crippen molar-refractivity contribution in [2.24, 2.45) is 0 Å². The molecule has 0 aromatic heterocycles. The van der Waals surface area contributed by atoms with E-state index >= 15 is 0 Å². The van der Waals surface area contributed by atoms with Gasteiger partial charge in [0.2, 0.25) is 0 Å². The maximum atomic E-state index is 11.1. The highest BCUT2D eigenvalue weighted by atomic mass is 16.4. The molecule has 0 amide bonds. The summed E-state index contributed by atoms with van der Waals surface area (Å²) in [5.74, 6) is -0.870. The highest BCUT2D eigenvalue weighted by Crippen LogP contribution is 2.17. The summed E-state index contributed by atoms with van der Waals surface area (Å²) in [7, 11) is 0. The molecule has 0 heterocycles. The summed E-state index contributed by atoms with van der Waals surface area (Å²) in [6, 6.07) is 18.1. The van der Waals surface area contributed by atoms with Crippen molar-refractivity contribution in [1.82, 2.24) is 0 Å². The Kier molecular flexibility index (Phi) is 4.08. The van der Waals surface area contributed by atoms with Crippen LogP contribution in [0.4, 0.5) is 5.69 Å². The minimum absolute atomic E-state index is 0.814. The van der Waals surface area contributed by atoms with Crippen molar-refractivity contribution in [2.75, 3.05) is 5.32 Å². The summed E-state index contributed by atoms with van der Waals surface area (Å²) in [6.07, 6.45) is 0.878. The highest BCUT2D eigenvalue weighted by molar-refractivity contribution is 5.81. The lowest BCUT2D eigenvalue weighted by Crippen LogP contribution is -2.39. The molecule has 2 N–H and O–H groups in total. The topological polar surface area (TPSA) is 49.3 Å². The molecule has 0 radical (unpaired) electrons. The van der Waals surface area contributed by atoms with Crippen LogP contribution in [0.5, 0.6) is 0 Å². The van der Waals surface area contributed by atoms with Gasteiger partial charge in [-0.25, -0.2) is 4.79 Å². The van der Waals surface area contributed by atoms with Gasteiger partial charge in [0.15, 0.2) is 0 Å². The second kappa shape index (κ2) is 5.78. The van der Waals surface area contributed by atoms with Crippen LogP contribution in [0.2, 0.25) is 0 Å². The number of carbonyl (C=O) groups is 1. The molecule has 0 atom stereocenters. The van der Waals surface area contributed by atoms with Crippen LogP contribution in [-0.2, 0) is 11.2 Å². The maximum absolute atomic E-state index is 11.1. The molecule has 20 heavy (non-hydrogen) atoms. The Labute approximate surface area is 119 Å². The molecule has 0 saturated carbocycles. The lowest BCUT2D eigenvalue weighted by molar-refractivity contribution is -0.141. The fourth-order valence-electron chi connectivity index (χ4n) is 1.95. The Balaban J connectivity index is 2.05. The van der Waals surface area contributed by atoms with Gasteiger partial charge in [0.25, 0.3) is 0 Å². The fraction of sp³-hybridized carbons (Fsp3) is 0.235. The van der Waals surface area contributed by atoms with E-state index in [0.29, 0.717) is 0 Å². The molecular weight excluding hydrogens is 250 g/mol. The predicted octanol–water partition coefficient (Wildman–Crippen LogP) is 3.55. The van der Waals surface area contributed by atoms with Gasteiger partial charge < -0.3 is 10.4 Å². The van der Waals surface area contributed by atoms with Crippen molar-refractivity contribution in [3.05, 3.63) is 65.7 Å². The summed E-state index contributed by atoms with van der Waals surface area (Å²) in [6.45, 7) is 3.29. The van der Waals surface area contributed by atoms with Crippen LogP contribution >= 0.6 is 0 Å². The summed E-state index contributed by atoms with van der Waals surface area (Å²) in [5, 5.41) is 12.1. The maximum Gasteiger partial charge on any atom is 0.328 e. The Bertz CT molecular complexity index is 574. The quantitative estimate of drug-likeness (QED) is 0.872. The molecule has 2 aromatic carbocycles. The number of rotatable bonds is 5. The molecule has 0 unspecified atom stereocenters. The van der Waals surface area contributed by atoms with E-state index in [1.165, 1.54) is 11.1 Å². The smallest absolute Gasteiger partial charge is 0.328 e. The van der Waals surface area contributed by atoms with Crippen molar-refractivity contribution in [3.8, 4) is 0 Å². The van der Waals surface area contributed by atoms with Gasteiger partial charge >= 0.3 is 5.97 Å². The molecule has 0 fully saturated rings. The van der Waals surface area contributed by atoms with Crippen molar-refractivity contribution in [2.45, 2.75) is 25.8 Å². The van der Waals surface area contributed by atoms with Gasteiger partial charge in [0, 0.05) is 5.69 Å². The second-order valence-corrected chi connectivity index (χ2v) is 5.41. The van der Waals surface area contributed by atoms with E-state index in [1.807, 2.05) is 42.5 Å². The zero-order valence-electron chi connectivity index (χ0n) is 11.8. The number of carboxylic acids is 1. The van der Waals surface area contributed by atoms with Crippen LogP contribution in [0.15, 0.2) is 54.6 Å². The Morgan fingerprint density at radius 2 is 1.55 bits per heavy atom. The Morgan fingerprint density at radius 1 is 1.00 bits per heavy atom. The van der Waals surface area contributed by atoms with Gasteiger partial charge in [-0.15, -0.1) is 0 Å². The number of benzene rings is 2. The van der Waals surface area contributed by atoms with Gasteiger partial charge in [0.1, 0.15) is 5.54 Å². The summed E-state index contributed by atoms with van der Waals surface area (Å²) < 4.78 is 0. The normalized spacial score (nSPS) is 11.1. The van der Waals surface area contributed by atoms with E-state index in [4.69, 9.17) is 5.11 Å². The standard InChI is InChI=1S/C17H19NO2/c1-17(2,16(19)20)18-15-10-8-14(9-11-15)12-13-6-4-3-5-7-13/h3-11,18H,12H2,1-2H3,(H,19,20). The van der Waals surface area contributed by atoms with Gasteiger partial charge in [-0.2, -0.15) is 0 Å². The first-order valence-corrected chi connectivity index (χ1v) is 6.62. The average Bonchev–Trinajstić information content (AvgIpc) is 2.42. The molecular formula is C17H19NO2. The van der Waals surface area contributed by atoms with Gasteiger partial charge in [0.05, 0.1) is 0 Å². The summed E-state index contributed by atoms with van der Waals surface area (Å²) in [5.41, 5.74) is 2.31. The number of aliphatic carboxylic acids is 1. The summed E-state index contributed by atoms with van der Waals surface area (Å²) in [4.78, 5) is 11.1. The Morgan fingerprint density at radius 3 is 2.10 bits per heavy atom. The monoisotopic (exact) mass is 269 g/mol. The van der Waals surface area contributed by atoms with Crippen molar-refractivity contribution >= 4 is 11.7 Å². The third-order valence-electron chi connectivity index (χ3n) is 3.20. The number of hydrogen-bond donors (Lipinski definition) is 2. The molecule has 3 nitrogen and oxygen atoms in total. The van der Waals surface area contributed by atoms with E-state index in [9.17, 15) is 4.79 Å². The van der Waals surface area contributed by atoms with E-state index in [0.717, 1.165) is 12.1 Å². The minimum Gasteiger partial charge on any atom is -0.480 e. The molecule has 0 spiro atoms. The van der Waals surface area contributed by atoms with Crippen LogP contribution in [-0.4, -0.2) is 16.6 Å². The second-order valence-electron chi connectivity index (χ2n) is 5.41. The van der Waals surface area contributed by atoms with E-state index < -0.39 is 11.5 Å². The third-order valence-corrected chi connectivity index (χ3v) is 3.20. The highest BCUT2D eigenvalue weighted by Gasteiger charge is 2.26. The number of anilines is 1. The lowest BCUT2D eigenvalue weighted by Gasteiger charge is -2.22. The molecule has 0 aliphatic rings. The molecule has 0 saturated heterocycles. The van der Waals surface area contributed by atoms with Crippen LogP contribution in [0.1, 0.15) is 25.0 Å². The van der Waals surface area contributed by atoms with Crippen molar-refractivity contribution in [3.63, 3.8) is 0 Å². The molecule has 2 rings (SSSR count). The van der Waals surface area contributed by atoms with E-state index in [1.54, 1.807) is 13.8 Å². The van der Waals surface area contributed by atoms with Gasteiger partial charge in [-0.05, 0) is 43.5 Å². The average molecular weight is 269 g/mol. The number of hydrogen-bond acceptors (Lipinski definition) is 2. The van der Waals surface area contributed by atoms with Crippen LogP contribution in [0.25, 0.3) is 0 Å². The molecule has 104 valence electrons. The van der Waals surface area contributed by atoms with Gasteiger partial charge in [-0.3, -0.25) is 0 Å². The molecule has 2 aromatic rings. The first kappa shape index (κ1) is 14.1. The molecule has 0 aliphatic heterocycles. The van der Waals surface area contributed by atoms with Crippen LogP contribution in [0.3, 0.4) is 0 Å². The zero-order chi connectivity index (χ0) is 14.6. The number of carboxylic acid groups (broad SMARTS) is 1. The number of nitrogens with one attached hydrogen (secondary N) is 1. The lowest BCUT2D eigenvalue weighted by atomic mass is 10.0. The first-order chi connectivity index (χ1) is 9.47. The molecule has 3 heteroatoms. The third kappa shape index (κ3) is 3.60. The minimum atomic E-state index is -0.971.